The number of nitrogens with one attached hydrogen (secondary N) is 2. The van der Waals surface area contributed by atoms with Gasteiger partial charge in [0, 0.05) is 35.3 Å². The molecule has 0 spiro atoms. The fourth-order valence-corrected chi connectivity index (χ4v) is 5.05. The van der Waals surface area contributed by atoms with Crippen LogP contribution in [0.5, 0.6) is 11.5 Å². The number of sulfone groups is 1. The molecule has 3 aromatic carbocycles. The molecule has 0 unspecified atom stereocenters. The number of aromatic nitrogens is 4. The average molecular weight is 575 g/mol. The molecule has 0 saturated heterocycles. The van der Waals surface area contributed by atoms with Crippen molar-refractivity contribution in [1.82, 2.24) is 25.1 Å². The molecule has 10 nitrogen and oxygen atoms in total. The Hall–Kier alpha value is -4.22. The minimum Gasteiger partial charge on any atom is -0.493 e. The van der Waals surface area contributed by atoms with Crippen LogP contribution >= 0.6 is 0 Å². The van der Waals surface area contributed by atoms with Gasteiger partial charge in [-0.15, -0.1) is 0 Å². The van der Waals surface area contributed by atoms with Gasteiger partial charge < -0.3 is 20.1 Å². The Bertz CT molecular complexity index is 1720. The van der Waals surface area contributed by atoms with Gasteiger partial charge in [0.1, 0.15) is 22.0 Å². The second-order valence-corrected chi connectivity index (χ2v) is 12.1. The van der Waals surface area contributed by atoms with Gasteiger partial charge in [0.15, 0.2) is 11.5 Å². The van der Waals surface area contributed by atoms with Crippen LogP contribution in [0.2, 0.25) is 0 Å². The molecular weight excluding hydrogens is 540 g/mol. The zero-order chi connectivity index (χ0) is 28.7. The Morgan fingerprint density at radius 2 is 1.80 bits per heavy atom. The van der Waals surface area contributed by atoms with Crippen LogP contribution in [-0.2, 0) is 16.4 Å². The number of unbranched alkanes of at least 4 members (excludes halogenated alkanes) is 1. The quantitative estimate of drug-likeness (QED) is 0.184. The van der Waals surface area contributed by atoms with E-state index in [-0.39, 0.29) is 5.75 Å². The molecule has 214 valence electrons. The number of nitrogens with zero attached hydrogens (tertiary/aromatic N) is 4. The van der Waals surface area contributed by atoms with Crippen molar-refractivity contribution in [3.05, 3.63) is 78.8 Å². The van der Waals surface area contributed by atoms with Crippen LogP contribution in [0.4, 0.5) is 11.5 Å². The molecule has 0 aliphatic carbocycles. The third-order valence-electron chi connectivity index (χ3n) is 6.66. The van der Waals surface area contributed by atoms with Gasteiger partial charge in [-0.1, -0.05) is 30.3 Å². The molecule has 0 radical (unpaired) electrons. The van der Waals surface area contributed by atoms with Gasteiger partial charge >= 0.3 is 0 Å². The summed E-state index contributed by atoms with van der Waals surface area (Å²) in [6.07, 6.45) is 6.32. The monoisotopic (exact) mass is 574 g/mol. The molecule has 0 saturated carbocycles. The number of ether oxygens (including phenoxy) is 2. The average Bonchev–Trinajstić information content (AvgIpc) is 3.35. The summed E-state index contributed by atoms with van der Waals surface area (Å²) in [4.78, 5) is 8.94. The first kappa shape index (κ1) is 28.3. The summed E-state index contributed by atoms with van der Waals surface area (Å²) in [5, 5.41) is 13.0. The SMILES string of the molecule is COc1cc2c(Nc3ccc4c(cnn4Cc4ccccc4)c3)ncnc2cc1OCCCCNCCS(C)(=O)=O. The summed E-state index contributed by atoms with van der Waals surface area (Å²) in [5.41, 5.74) is 3.88. The molecule has 2 aromatic heterocycles. The van der Waals surface area contributed by atoms with Crippen molar-refractivity contribution in [1.29, 1.82) is 0 Å². The first-order chi connectivity index (χ1) is 19.9. The number of benzene rings is 3. The van der Waals surface area contributed by atoms with E-state index >= 15 is 0 Å². The lowest BCUT2D eigenvalue weighted by atomic mass is 10.2. The van der Waals surface area contributed by atoms with Crippen molar-refractivity contribution >= 4 is 43.1 Å². The largest absolute Gasteiger partial charge is 0.493 e. The second-order valence-electron chi connectivity index (χ2n) is 9.86. The Morgan fingerprint density at radius 1 is 0.951 bits per heavy atom. The van der Waals surface area contributed by atoms with E-state index in [2.05, 4.69) is 50.0 Å². The number of anilines is 2. The highest BCUT2D eigenvalue weighted by Gasteiger charge is 2.13. The standard InChI is InChI=1S/C30H34N6O4S/c1-39-28-17-25-26(18-29(28)40-14-7-6-12-31-13-15-41(2,37)38)32-21-33-30(25)35-24-10-11-27-23(16-24)19-34-36(27)20-22-8-4-3-5-9-22/h3-5,8-11,16-19,21,31H,6-7,12-15,20H2,1-2H3,(H,32,33,35). The van der Waals surface area contributed by atoms with Crippen molar-refractivity contribution in [3.63, 3.8) is 0 Å². The molecule has 0 aliphatic heterocycles. The van der Waals surface area contributed by atoms with Gasteiger partial charge in [-0.2, -0.15) is 5.10 Å². The van der Waals surface area contributed by atoms with E-state index in [9.17, 15) is 8.42 Å². The van der Waals surface area contributed by atoms with Crippen LogP contribution in [0.1, 0.15) is 18.4 Å². The summed E-state index contributed by atoms with van der Waals surface area (Å²) in [5.74, 6) is 2.02. The first-order valence-electron chi connectivity index (χ1n) is 13.5. The lowest BCUT2D eigenvalue weighted by molar-refractivity contribution is 0.286. The van der Waals surface area contributed by atoms with Crippen molar-refractivity contribution in [2.45, 2.75) is 19.4 Å². The summed E-state index contributed by atoms with van der Waals surface area (Å²) in [6, 6.07) is 20.2. The molecule has 5 aromatic rings. The van der Waals surface area contributed by atoms with E-state index in [0.29, 0.717) is 37.0 Å². The van der Waals surface area contributed by atoms with Crippen molar-refractivity contribution < 1.29 is 17.9 Å². The van der Waals surface area contributed by atoms with Gasteiger partial charge in [-0.3, -0.25) is 4.68 Å². The fourth-order valence-electron chi connectivity index (χ4n) is 4.54. The third kappa shape index (κ3) is 7.50. The van der Waals surface area contributed by atoms with Gasteiger partial charge in [0.05, 0.1) is 43.2 Å². The minimum atomic E-state index is -2.94. The highest BCUT2D eigenvalue weighted by molar-refractivity contribution is 7.90. The molecule has 0 amide bonds. The van der Waals surface area contributed by atoms with Crippen LogP contribution in [0.15, 0.2) is 73.2 Å². The number of rotatable bonds is 14. The molecule has 2 heterocycles. The summed E-state index contributed by atoms with van der Waals surface area (Å²) in [6.45, 7) is 2.40. The molecule has 2 N–H and O–H groups in total. The van der Waals surface area contributed by atoms with Gasteiger partial charge in [0.2, 0.25) is 0 Å². The van der Waals surface area contributed by atoms with Gasteiger partial charge in [-0.25, -0.2) is 18.4 Å². The maximum Gasteiger partial charge on any atom is 0.163 e. The summed E-state index contributed by atoms with van der Waals surface area (Å²) < 4.78 is 36.0. The number of hydrogen-bond donors (Lipinski definition) is 2. The molecule has 11 heteroatoms. The Balaban J connectivity index is 1.24. The molecular formula is C30H34N6O4S. The minimum absolute atomic E-state index is 0.143. The van der Waals surface area contributed by atoms with Crippen LogP contribution in [0.25, 0.3) is 21.8 Å². The lowest BCUT2D eigenvalue weighted by Crippen LogP contribution is -2.23. The fraction of sp³-hybridized carbons (Fsp3) is 0.300. The topological polar surface area (TPSA) is 120 Å². The maximum absolute atomic E-state index is 11.2. The van der Waals surface area contributed by atoms with E-state index in [1.165, 1.54) is 18.1 Å². The molecule has 0 atom stereocenters. The van der Waals surface area contributed by atoms with Crippen LogP contribution < -0.4 is 20.1 Å². The van der Waals surface area contributed by atoms with E-state index in [0.717, 1.165) is 46.9 Å². The van der Waals surface area contributed by atoms with Crippen molar-refractivity contribution in [3.8, 4) is 11.5 Å². The predicted octanol–water partition coefficient (Wildman–Crippen LogP) is 4.57. The molecule has 0 fully saturated rings. The Kier molecular flexibility index (Phi) is 8.95. The predicted molar refractivity (Wildman–Crippen MR) is 162 cm³/mol. The Labute approximate surface area is 239 Å². The van der Waals surface area contributed by atoms with Crippen molar-refractivity contribution in [2.24, 2.45) is 0 Å². The lowest BCUT2D eigenvalue weighted by Gasteiger charge is -2.14. The zero-order valence-electron chi connectivity index (χ0n) is 23.2. The van der Waals surface area contributed by atoms with E-state index in [1.807, 2.05) is 47.3 Å². The zero-order valence-corrected chi connectivity index (χ0v) is 24.0. The van der Waals surface area contributed by atoms with Crippen LogP contribution in [0.3, 0.4) is 0 Å². The van der Waals surface area contributed by atoms with E-state index in [4.69, 9.17) is 9.47 Å². The van der Waals surface area contributed by atoms with E-state index < -0.39 is 9.84 Å². The van der Waals surface area contributed by atoms with Gasteiger partial charge in [-0.05, 0) is 49.2 Å². The van der Waals surface area contributed by atoms with Crippen LogP contribution in [-0.4, -0.2) is 67.0 Å². The normalized spacial score (nSPS) is 11.7. The van der Waals surface area contributed by atoms with Gasteiger partial charge in [0.25, 0.3) is 0 Å². The number of hydrogen-bond acceptors (Lipinski definition) is 9. The van der Waals surface area contributed by atoms with E-state index in [1.54, 1.807) is 7.11 Å². The molecule has 0 aliphatic rings. The third-order valence-corrected chi connectivity index (χ3v) is 7.60. The van der Waals surface area contributed by atoms with Crippen molar-refractivity contribution in [2.75, 3.05) is 44.1 Å². The Morgan fingerprint density at radius 3 is 2.61 bits per heavy atom. The molecule has 5 rings (SSSR count). The highest BCUT2D eigenvalue weighted by Crippen LogP contribution is 2.35. The smallest absolute Gasteiger partial charge is 0.163 e. The molecule has 41 heavy (non-hydrogen) atoms. The maximum atomic E-state index is 11.2. The highest BCUT2D eigenvalue weighted by atomic mass is 32.2. The second kappa shape index (κ2) is 13.0. The summed E-state index contributed by atoms with van der Waals surface area (Å²) >= 11 is 0. The molecule has 0 bridgehead atoms. The van der Waals surface area contributed by atoms with Crippen LogP contribution in [0, 0.1) is 0 Å². The summed E-state index contributed by atoms with van der Waals surface area (Å²) in [7, 11) is -1.33. The number of methoxy groups -OCH3 is 1. The number of fused-ring (bicyclic) bond motifs is 2. The first-order valence-corrected chi connectivity index (χ1v) is 15.6.